The van der Waals surface area contributed by atoms with Gasteiger partial charge >= 0.3 is 0 Å². The Morgan fingerprint density at radius 1 is 1.29 bits per heavy atom. The first-order chi connectivity index (χ1) is 11.7. The topological polar surface area (TPSA) is 29.5 Å². The third-order valence-electron chi connectivity index (χ3n) is 4.45. The molecule has 0 bridgehead atoms. The van der Waals surface area contributed by atoms with Gasteiger partial charge in [0, 0.05) is 22.5 Å². The molecule has 0 radical (unpaired) electrons. The number of rotatable bonds is 6. The zero-order chi connectivity index (χ0) is 16.9. The monoisotopic (exact) mass is 341 g/mol. The van der Waals surface area contributed by atoms with Gasteiger partial charge in [0.15, 0.2) is 5.78 Å². The second-order valence-corrected chi connectivity index (χ2v) is 7.12. The van der Waals surface area contributed by atoms with Crippen LogP contribution in [0.5, 0.6) is 5.75 Å². The fourth-order valence-corrected chi connectivity index (χ4v) is 3.86. The van der Waals surface area contributed by atoms with E-state index < -0.39 is 0 Å². The van der Waals surface area contributed by atoms with Crippen LogP contribution in [0.25, 0.3) is 6.08 Å². The van der Waals surface area contributed by atoms with Crippen molar-refractivity contribution >= 4 is 23.2 Å². The molecule has 1 aliphatic heterocycles. The number of allylic oxidation sites excluding steroid dienone is 1. The quantitative estimate of drug-likeness (QED) is 0.570. The summed E-state index contributed by atoms with van der Waals surface area (Å²) in [5.74, 6) is 0.893. The molecule has 24 heavy (non-hydrogen) atoms. The lowest BCUT2D eigenvalue weighted by Crippen LogP contribution is -2.19. The normalized spacial score (nSPS) is 15.2. The molecule has 1 aromatic carbocycles. The Kier molecular flexibility index (Phi) is 5.48. The number of nitrogens with zero attached hydrogens (tertiary/aromatic N) is 1. The van der Waals surface area contributed by atoms with E-state index in [-0.39, 0.29) is 5.78 Å². The minimum Gasteiger partial charge on any atom is -0.496 e. The smallest absolute Gasteiger partial charge is 0.185 e. The highest BCUT2D eigenvalue weighted by molar-refractivity contribution is 7.11. The first-order valence-electron chi connectivity index (χ1n) is 8.33. The highest BCUT2D eigenvalue weighted by atomic mass is 32.1. The van der Waals surface area contributed by atoms with Crippen LogP contribution in [0.4, 0.5) is 0 Å². The fraction of sp³-hybridized carbons (Fsp3) is 0.350. The van der Waals surface area contributed by atoms with Crippen LogP contribution in [0.3, 0.4) is 0 Å². The Bertz CT molecular complexity index is 742. The largest absolute Gasteiger partial charge is 0.496 e. The molecule has 1 aliphatic rings. The van der Waals surface area contributed by atoms with E-state index in [0.29, 0.717) is 0 Å². The van der Waals surface area contributed by atoms with Crippen molar-refractivity contribution in [2.75, 3.05) is 20.2 Å². The van der Waals surface area contributed by atoms with Crippen LogP contribution in [0.2, 0.25) is 0 Å². The van der Waals surface area contributed by atoms with Gasteiger partial charge in [-0.05, 0) is 80.2 Å². The first-order valence-corrected chi connectivity index (χ1v) is 9.21. The predicted octanol–water partition coefficient (Wildman–Crippen LogP) is 4.56. The Balaban J connectivity index is 1.78. The second-order valence-electron chi connectivity index (χ2n) is 6.18. The number of aryl methyl sites for hydroxylation is 1. The average molecular weight is 341 g/mol. The summed E-state index contributed by atoms with van der Waals surface area (Å²) in [6.07, 6.45) is 6.08. The predicted molar refractivity (Wildman–Crippen MR) is 99.9 cm³/mol. The van der Waals surface area contributed by atoms with Crippen LogP contribution >= 0.6 is 11.3 Å². The van der Waals surface area contributed by atoms with E-state index in [2.05, 4.69) is 17.9 Å². The molecule has 0 amide bonds. The Labute approximate surface area is 147 Å². The van der Waals surface area contributed by atoms with Gasteiger partial charge in [-0.1, -0.05) is 0 Å². The van der Waals surface area contributed by atoms with Gasteiger partial charge in [0.05, 0.1) is 7.11 Å². The number of thiophene rings is 1. The summed E-state index contributed by atoms with van der Waals surface area (Å²) in [7, 11) is 1.68. The van der Waals surface area contributed by atoms with E-state index in [9.17, 15) is 4.79 Å². The number of ketones is 1. The Hall–Kier alpha value is -1.91. The number of methoxy groups -OCH3 is 1. The van der Waals surface area contributed by atoms with Crippen molar-refractivity contribution in [1.82, 2.24) is 4.90 Å². The number of carbonyl (C=O) groups excluding carboxylic acids is 1. The summed E-state index contributed by atoms with van der Waals surface area (Å²) in [5.41, 5.74) is 3.01. The van der Waals surface area contributed by atoms with Gasteiger partial charge in [-0.15, -0.1) is 11.3 Å². The SMILES string of the molecule is COc1ccc(C(=O)/C=C/c2sccc2C)cc1CN1CCCC1. The maximum Gasteiger partial charge on any atom is 0.185 e. The molecular formula is C20H23NO2S. The minimum absolute atomic E-state index is 0.0353. The van der Waals surface area contributed by atoms with Crippen molar-refractivity contribution < 1.29 is 9.53 Å². The lowest BCUT2D eigenvalue weighted by Gasteiger charge is -2.17. The zero-order valence-corrected chi connectivity index (χ0v) is 15.1. The van der Waals surface area contributed by atoms with Crippen molar-refractivity contribution in [3.63, 3.8) is 0 Å². The maximum absolute atomic E-state index is 12.5. The number of ether oxygens (including phenoxy) is 1. The van der Waals surface area contributed by atoms with Gasteiger partial charge < -0.3 is 4.74 Å². The summed E-state index contributed by atoms with van der Waals surface area (Å²) in [5, 5.41) is 2.04. The molecule has 0 N–H and O–H groups in total. The summed E-state index contributed by atoms with van der Waals surface area (Å²) in [6.45, 7) is 5.15. The molecule has 0 atom stereocenters. The molecule has 3 nitrogen and oxygen atoms in total. The molecule has 0 unspecified atom stereocenters. The highest BCUT2D eigenvalue weighted by Gasteiger charge is 2.15. The summed E-state index contributed by atoms with van der Waals surface area (Å²) in [4.78, 5) is 16.1. The molecular weight excluding hydrogens is 318 g/mol. The van der Waals surface area contributed by atoms with E-state index in [1.54, 1.807) is 24.5 Å². The van der Waals surface area contributed by atoms with Crippen molar-refractivity contribution in [2.24, 2.45) is 0 Å². The third-order valence-corrected chi connectivity index (χ3v) is 5.43. The van der Waals surface area contributed by atoms with Gasteiger partial charge in [-0.25, -0.2) is 0 Å². The lowest BCUT2D eigenvalue weighted by molar-refractivity contribution is 0.104. The molecule has 126 valence electrons. The second kappa shape index (κ2) is 7.77. The van der Waals surface area contributed by atoms with Crippen molar-refractivity contribution in [3.8, 4) is 5.75 Å². The van der Waals surface area contributed by atoms with Crippen LogP contribution in [0, 0.1) is 6.92 Å². The van der Waals surface area contributed by atoms with Gasteiger partial charge in [-0.2, -0.15) is 0 Å². The summed E-state index contributed by atoms with van der Waals surface area (Å²) >= 11 is 1.65. The fourth-order valence-electron chi connectivity index (χ4n) is 3.04. The van der Waals surface area contributed by atoms with Crippen molar-refractivity contribution in [1.29, 1.82) is 0 Å². The highest BCUT2D eigenvalue weighted by Crippen LogP contribution is 2.24. The molecule has 2 heterocycles. The molecule has 1 saturated heterocycles. The van der Waals surface area contributed by atoms with Crippen LogP contribution in [0.1, 0.15) is 39.2 Å². The molecule has 0 spiro atoms. The zero-order valence-electron chi connectivity index (χ0n) is 14.2. The van der Waals surface area contributed by atoms with Crippen molar-refractivity contribution in [3.05, 3.63) is 57.3 Å². The summed E-state index contributed by atoms with van der Waals surface area (Å²) in [6, 6.07) is 7.80. The van der Waals surface area contributed by atoms with Crippen LogP contribution in [-0.2, 0) is 6.54 Å². The van der Waals surface area contributed by atoms with E-state index in [1.165, 1.54) is 18.4 Å². The number of hydrogen-bond acceptors (Lipinski definition) is 4. The van der Waals surface area contributed by atoms with Crippen LogP contribution < -0.4 is 4.74 Å². The van der Waals surface area contributed by atoms with Crippen molar-refractivity contribution in [2.45, 2.75) is 26.3 Å². The van der Waals surface area contributed by atoms with E-state index in [1.807, 2.05) is 29.7 Å². The molecule has 2 aromatic rings. The Morgan fingerprint density at radius 3 is 2.75 bits per heavy atom. The lowest BCUT2D eigenvalue weighted by atomic mass is 10.0. The molecule has 1 fully saturated rings. The number of hydrogen-bond donors (Lipinski definition) is 0. The molecule has 4 heteroatoms. The third kappa shape index (κ3) is 3.94. The first kappa shape index (κ1) is 16.9. The van der Waals surface area contributed by atoms with Gasteiger partial charge in [0.25, 0.3) is 0 Å². The maximum atomic E-state index is 12.5. The number of likely N-dealkylation sites (tertiary alicyclic amines) is 1. The number of benzene rings is 1. The van der Waals surface area contributed by atoms with Crippen LogP contribution in [0.15, 0.2) is 35.7 Å². The van der Waals surface area contributed by atoms with E-state index >= 15 is 0 Å². The van der Waals surface area contributed by atoms with E-state index in [4.69, 9.17) is 4.74 Å². The van der Waals surface area contributed by atoms with Crippen LogP contribution in [-0.4, -0.2) is 30.9 Å². The van der Waals surface area contributed by atoms with Gasteiger partial charge in [-0.3, -0.25) is 9.69 Å². The molecule has 1 aromatic heterocycles. The molecule has 0 aliphatic carbocycles. The molecule has 0 saturated carbocycles. The minimum atomic E-state index is 0.0353. The standard InChI is InChI=1S/C20H23NO2S/c1-15-9-12-24-20(15)8-6-18(22)16-5-7-19(23-2)17(13-16)14-21-10-3-4-11-21/h5-9,12-13H,3-4,10-11,14H2,1-2H3/b8-6+. The summed E-state index contributed by atoms with van der Waals surface area (Å²) < 4.78 is 5.47. The van der Waals surface area contributed by atoms with Gasteiger partial charge in [0.2, 0.25) is 0 Å². The van der Waals surface area contributed by atoms with Gasteiger partial charge in [0.1, 0.15) is 5.75 Å². The number of carbonyl (C=O) groups is 1. The Morgan fingerprint density at radius 2 is 2.08 bits per heavy atom. The van der Waals surface area contributed by atoms with E-state index in [0.717, 1.165) is 41.4 Å². The average Bonchev–Trinajstić information content (AvgIpc) is 3.24. The molecule has 3 rings (SSSR count).